The quantitative estimate of drug-likeness (QED) is 0.852. The number of pyridine rings is 1. The number of rotatable bonds is 1. The summed E-state index contributed by atoms with van der Waals surface area (Å²) in [6.07, 6.45) is 1.68. The molecule has 3 nitrogen and oxygen atoms in total. The molecule has 0 aliphatic heterocycles. The molecule has 100 valence electrons. The standard InChI is InChI=1S/C16H19NO2/c1-11-15(19)14(18)9-10-17(11)13-7-5-12(6-8-13)16(2,3)4/h5-10,19H,1-4H3. The van der Waals surface area contributed by atoms with Crippen LogP contribution in [0.4, 0.5) is 0 Å². The molecule has 1 aromatic heterocycles. The molecule has 0 saturated carbocycles. The van der Waals surface area contributed by atoms with Gasteiger partial charge in [0, 0.05) is 18.0 Å². The molecule has 0 aliphatic carbocycles. The van der Waals surface area contributed by atoms with Gasteiger partial charge >= 0.3 is 0 Å². The largest absolute Gasteiger partial charge is 0.503 e. The molecule has 0 bridgehead atoms. The van der Waals surface area contributed by atoms with Gasteiger partial charge in [-0.2, -0.15) is 0 Å². The van der Waals surface area contributed by atoms with Gasteiger partial charge in [-0.15, -0.1) is 0 Å². The fourth-order valence-corrected chi connectivity index (χ4v) is 2.03. The third-order valence-corrected chi connectivity index (χ3v) is 3.32. The first-order valence-electron chi connectivity index (χ1n) is 6.33. The smallest absolute Gasteiger partial charge is 0.223 e. The zero-order chi connectivity index (χ0) is 14.2. The second-order valence-corrected chi connectivity index (χ2v) is 5.78. The average Bonchev–Trinajstić information content (AvgIpc) is 2.35. The van der Waals surface area contributed by atoms with E-state index in [0.717, 1.165) is 5.69 Å². The number of benzene rings is 1. The molecule has 0 fully saturated rings. The molecule has 0 amide bonds. The van der Waals surface area contributed by atoms with Crippen LogP contribution >= 0.6 is 0 Å². The van der Waals surface area contributed by atoms with Gasteiger partial charge in [-0.3, -0.25) is 4.79 Å². The summed E-state index contributed by atoms with van der Waals surface area (Å²) in [6, 6.07) is 9.52. The maximum absolute atomic E-state index is 11.3. The summed E-state index contributed by atoms with van der Waals surface area (Å²) >= 11 is 0. The summed E-state index contributed by atoms with van der Waals surface area (Å²) in [5, 5.41) is 9.70. The minimum atomic E-state index is -0.347. The molecule has 2 rings (SSSR count). The molecule has 3 heteroatoms. The van der Waals surface area contributed by atoms with Crippen LogP contribution in [0.3, 0.4) is 0 Å². The van der Waals surface area contributed by atoms with E-state index in [1.54, 1.807) is 13.1 Å². The van der Waals surface area contributed by atoms with Crippen LogP contribution in [-0.4, -0.2) is 9.67 Å². The molecular formula is C16H19NO2. The fourth-order valence-electron chi connectivity index (χ4n) is 2.03. The number of aromatic hydroxyl groups is 1. The Morgan fingerprint density at radius 2 is 1.63 bits per heavy atom. The van der Waals surface area contributed by atoms with Crippen molar-refractivity contribution in [1.82, 2.24) is 4.57 Å². The van der Waals surface area contributed by atoms with E-state index in [-0.39, 0.29) is 16.6 Å². The van der Waals surface area contributed by atoms with Crippen LogP contribution in [0.2, 0.25) is 0 Å². The number of aromatic nitrogens is 1. The highest BCUT2D eigenvalue weighted by Crippen LogP contribution is 2.24. The molecule has 0 atom stereocenters. The van der Waals surface area contributed by atoms with Crippen LogP contribution in [0.1, 0.15) is 32.0 Å². The van der Waals surface area contributed by atoms with E-state index in [0.29, 0.717) is 5.69 Å². The number of nitrogens with zero attached hydrogens (tertiary/aromatic N) is 1. The van der Waals surface area contributed by atoms with Crippen LogP contribution in [0.15, 0.2) is 41.3 Å². The molecule has 0 aliphatic rings. The van der Waals surface area contributed by atoms with Gasteiger partial charge < -0.3 is 9.67 Å². The Balaban J connectivity index is 2.49. The lowest BCUT2D eigenvalue weighted by Gasteiger charge is -2.20. The van der Waals surface area contributed by atoms with Gasteiger partial charge in [0.1, 0.15) is 0 Å². The Morgan fingerprint density at radius 1 is 1.05 bits per heavy atom. The van der Waals surface area contributed by atoms with Gasteiger partial charge in [-0.05, 0) is 30.0 Å². The van der Waals surface area contributed by atoms with Gasteiger partial charge in [0.15, 0.2) is 5.75 Å². The summed E-state index contributed by atoms with van der Waals surface area (Å²) in [5.41, 5.74) is 2.50. The highest BCUT2D eigenvalue weighted by molar-refractivity contribution is 5.41. The van der Waals surface area contributed by atoms with Crippen molar-refractivity contribution in [1.29, 1.82) is 0 Å². The molecule has 1 heterocycles. The maximum atomic E-state index is 11.3. The zero-order valence-corrected chi connectivity index (χ0v) is 11.8. The van der Waals surface area contributed by atoms with Crippen LogP contribution in [-0.2, 0) is 5.41 Å². The van der Waals surface area contributed by atoms with Gasteiger partial charge in [-0.25, -0.2) is 0 Å². The van der Waals surface area contributed by atoms with E-state index in [9.17, 15) is 9.90 Å². The summed E-state index contributed by atoms with van der Waals surface area (Å²) in [4.78, 5) is 11.3. The second-order valence-electron chi connectivity index (χ2n) is 5.78. The number of hydrogen-bond acceptors (Lipinski definition) is 2. The third-order valence-electron chi connectivity index (χ3n) is 3.32. The molecule has 0 spiro atoms. The summed E-state index contributed by atoms with van der Waals surface area (Å²) in [6.45, 7) is 8.23. The van der Waals surface area contributed by atoms with Crippen molar-refractivity contribution in [3.63, 3.8) is 0 Å². The van der Waals surface area contributed by atoms with Crippen molar-refractivity contribution in [2.45, 2.75) is 33.1 Å². The van der Waals surface area contributed by atoms with Gasteiger partial charge in [0.2, 0.25) is 5.43 Å². The SMILES string of the molecule is Cc1c(O)c(=O)ccn1-c1ccc(C(C)(C)C)cc1. The third kappa shape index (κ3) is 2.55. The summed E-state index contributed by atoms with van der Waals surface area (Å²) < 4.78 is 1.81. The van der Waals surface area contributed by atoms with Crippen molar-refractivity contribution in [3.8, 4) is 11.4 Å². The minimum Gasteiger partial charge on any atom is -0.503 e. The van der Waals surface area contributed by atoms with E-state index < -0.39 is 0 Å². The Hall–Kier alpha value is -2.03. The average molecular weight is 257 g/mol. The molecule has 19 heavy (non-hydrogen) atoms. The van der Waals surface area contributed by atoms with E-state index in [1.807, 2.05) is 16.7 Å². The molecule has 2 aromatic rings. The van der Waals surface area contributed by atoms with Crippen molar-refractivity contribution in [2.75, 3.05) is 0 Å². The van der Waals surface area contributed by atoms with Crippen molar-refractivity contribution >= 4 is 0 Å². The van der Waals surface area contributed by atoms with Crippen LogP contribution in [0.5, 0.6) is 5.75 Å². The summed E-state index contributed by atoms with van der Waals surface area (Å²) in [5.74, 6) is -0.192. The molecule has 1 N–H and O–H groups in total. The zero-order valence-electron chi connectivity index (χ0n) is 11.8. The first-order valence-corrected chi connectivity index (χ1v) is 6.33. The Labute approximate surface area is 113 Å². The topological polar surface area (TPSA) is 42.2 Å². The first-order chi connectivity index (χ1) is 8.80. The Bertz CT molecular complexity index is 646. The lowest BCUT2D eigenvalue weighted by Crippen LogP contribution is -2.12. The number of hydrogen-bond donors (Lipinski definition) is 1. The maximum Gasteiger partial charge on any atom is 0.223 e. The van der Waals surface area contributed by atoms with E-state index in [4.69, 9.17) is 0 Å². The van der Waals surface area contributed by atoms with Crippen molar-refractivity contribution in [3.05, 3.63) is 58.0 Å². The lowest BCUT2D eigenvalue weighted by molar-refractivity contribution is 0.459. The molecule has 0 saturated heterocycles. The minimum absolute atomic E-state index is 0.110. The van der Waals surface area contributed by atoms with E-state index >= 15 is 0 Å². The highest BCUT2D eigenvalue weighted by Gasteiger charge is 2.13. The molecular weight excluding hydrogens is 238 g/mol. The van der Waals surface area contributed by atoms with E-state index in [2.05, 4.69) is 32.9 Å². The Kier molecular flexibility index (Phi) is 3.23. The highest BCUT2D eigenvalue weighted by atomic mass is 16.3. The molecule has 0 radical (unpaired) electrons. The molecule has 1 aromatic carbocycles. The van der Waals surface area contributed by atoms with Crippen LogP contribution < -0.4 is 5.43 Å². The second kappa shape index (κ2) is 4.57. The lowest BCUT2D eigenvalue weighted by atomic mass is 9.87. The first kappa shape index (κ1) is 13.4. The Morgan fingerprint density at radius 3 is 2.16 bits per heavy atom. The van der Waals surface area contributed by atoms with Crippen molar-refractivity contribution < 1.29 is 5.11 Å². The van der Waals surface area contributed by atoms with E-state index in [1.165, 1.54) is 11.6 Å². The normalized spacial score (nSPS) is 11.6. The summed E-state index contributed by atoms with van der Waals surface area (Å²) in [7, 11) is 0. The van der Waals surface area contributed by atoms with Gasteiger partial charge in [0.05, 0.1) is 5.69 Å². The monoisotopic (exact) mass is 257 g/mol. The van der Waals surface area contributed by atoms with Crippen LogP contribution in [0, 0.1) is 6.92 Å². The van der Waals surface area contributed by atoms with Gasteiger partial charge in [-0.1, -0.05) is 32.9 Å². The predicted octanol–water partition coefficient (Wildman–Crippen LogP) is 3.15. The van der Waals surface area contributed by atoms with Crippen molar-refractivity contribution in [2.24, 2.45) is 0 Å². The predicted molar refractivity (Wildman–Crippen MR) is 77.1 cm³/mol. The van der Waals surface area contributed by atoms with Crippen LogP contribution in [0.25, 0.3) is 5.69 Å². The van der Waals surface area contributed by atoms with Gasteiger partial charge in [0.25, 0.3) is 0 Å². The molecule has 0 unspecified atom stereocenters. The fraction of sp³-hybridized carbons (Fsp3) is 0.312.